The van der Waals surface area contributed by atoms with E-state index in [1.807, 2.05) is 24.3 Å². The van der Waals surface area contributed by atoms with Crippen molar-refractivity contribution in [3.05, 3.63) is 35.4 Å². The van der Waals surface area contributed by atoms with Crippen molar-refractivity contribution in [2.45, 2.75) is 45.1 Å². The fraction of sp³-hybridized carbons (Fsp3) is 0.500. The predicted octanol–water partition coefficient (Wildman–Crippen LogP) is 1.99. The highest BCUT2D eigenvalue weighted by molar-refractivity contribution is 5.94. The van der Waals surface area contributed by atoms with Crippen LogP contribution in [-0.4, -0.2) is 24.4 Å². The van der Waals surface area contributed by atoms with Gasteiger partial charge >= 0.3 is 0 Å². The van der Waals surface area contributed by atoms with Gasteiger partial charge in [-0.2, -0.15) is 0 Å². The lowest BCUT2D eigenvalue weighted by Crippen LogP contribution is -2.47. The van der Waals surface area contributed by atoms with Gasteiger partial charge in [0.15, 0.2) is 0 Å². The lowest BCUT2D eigenvalue weighted by atomic mass is 9.86. The topological polar surface area (TPSA) is 58.2 Å². The Kier molecular flexibility index (Phi) is 4.12. The normalized spacial score (nSPS) is 19.4. The molecule has 1 aliphatic rings. The molecule has 20 heavy (non-hydrogen) atoms. The molecule has 0 saturated carbocycles. The van der Waals surface area contributed by atoms with Crippen LogP contribution in [0.1, 0.15) is 49.5 Å². The highest BCUT2D eigenvalue weighted by Gasteiger charge is 2.20. The van der Waals surface area contributed by atoms with Gasteiger partial charge in [-0.1, -0.05) is 32.9 Å². The van der Waals surface area contributed by atoms with Crippen molar-refractivity contribution >= 4 is 11.8 Å². The summed E-state index contributed by atoms with van der Waals surface area (Å²) >= 11 is 0. The molecule has 0 bridgehead atoms. The molecule has 1 heterocycles. The van der Waals surface area contributed by atoms with E-state index < -0.39 is 0 Å². The van der Waals surface area contributed by atoms with Crippen LogP contribution in [0.15, 0.2) is 24.3 Å². The van der Waals surface area contributed by atoms with Gasteiger partial charge in [-0.15, -0.1) is 0 Å². The second kappa shape index (κ2) is 5.65. The highest BCUT2D eigenvalue weighted by atomic mass is 16.2. The number of nitrogens with one attached hydrogen (secondary N) is 2. The Morgan fingerprint density at radius 2 is 1.90 bits per heavy atom. The molecule has 1 atom stereocenters. The minimum atomic E-state index is -0.0772. The fourth-order valence-electron chi connectivity index (χ4n) is 2.25. The number of benzene rings is 1. The van der Waals surface area contributed by atoms with E-state index in [2.05, 4.69) is 31.4 Å². The van der Waals surface area contributed by atoms with Crippen molar-refractivity contribution in [1.29, 1.82) is 0 Å². The van der Waals surface area contributed by atoms with Crippen molar-refractivity contribution in [2.24, 2.45) is 0 Å². The lowest BCUT2D eigenvalue weighted by molar-refractivity contribution is -0.122. The molecule has 1 aromatic rings. The zero-order chi connectivity index (χ0) is 14.8. The Labute approximate surface area is 119 Å². The van der Waals surface area contributed by atoms with Crippen molar-refractivity contribution in [1.82, 2.24) is 10.6 Å². The van der Waals surface area contributed by atoms with Gasteiger partial charge in [0, 0.05) is 24.6 Å². The lowest BCUT2D eigenvalue weighted by Gasteiger charge is -2.23. The van der Waals surface area contributed by atoms with E-state index in [1.165, 1.54) is 5.56 Å². The zero-order valence-electron chi connectivity index (χ0n) is 12.3. The molecule has 0 spiro atoms. The summed E-state index contributed by atoms with van der Waals surface area (Å²) in [4.78, 5) is 23.2. The molecule has 1 aromatic carbocycles. The molecule has 2 amide bonds. The third kappa shape index (κ3) is 3.59. The zero-order valence-corrected chi connectivity index (χ0v) is 12.3. The Morgan fingerprint density at radius 1 is 1.25 bits per heavy atom. The van der Waals surface area contributed by atoms with Gasteiger partial charge in [-0.05, 0) is 29.5 Å². The second-order valence-electron chi connectivity index (χ2n) is 6.34. The number of hydrogen-bond donors (Lipinski definition) is 2. The third-order valence-electron chi connectivity index (χ3n) is 3.61. The molecule has 0 aromatic heterocycles. The van der Waals surface area contributed by atoms with Gasteiger partial charge in [0.25, 0.3) is 5.91 Å². The largest absolute Gasteiger partial charge is 0.354 e. The molecule has 0 aliphatic carbocycles. The standard InChI is InChI=1S/C16H22N2O2/c1-16(2,3)12-6-4-11(5-7-12)15(20)18-13-8-9-14(19)17-10-13/h4-7,13H,8-10H2,1-3H3,(H,17,19)(H,18,20). The van der Waals surface area contributed by atoms with Crippen molar-refractivity contribution in [3.8, 4) is 0 Å². The first kappa shape index (κ1) is 14.6. The molecule has 4 heteroatoms. The molecule has 1 saturated heterocycles. The molecule has 2 N–H and O–H groups in total. The average molecular weight is 274 g/mol. The van der Waals surface area contributed by atoms with Crippen LogP contribution in [-0.2, 0) is 10.2 Å². The SMILES string of the molecule is CC(C)(C)c1ccc(C(=O)NC2CCC(=O)NC2)cc1. The van der Waals surface area contributed by atoms with Gasteiger partial charge in [-0.3, -0.25) is 9.59 Å². The molecule has 0 radical (unpaired) electrons. The monoisotopic (exact) mass is 274 g/mol. The number of carbonyl (C=O) groups excluding carboxylic acids is 2. The maximum absolute atomic E-state index is 12.1. The molecule has 4 nitrogen and oxygen atoms in total. The van der Waals surface area contributed by atoms with Gasteiger partial charge in [-0.25, -0.2) is 0 Å². The van der Waals surface area contributed by atoms with Crippen molar-refractivity contribution in [3.63, 3.8) is 0 Å². The minimum absolute atomic E-state index is 0.0301. The molecule has 1 aliphatic heterocycles. The summed E-state index contributed by atoms with van der Waals surface area (Å²) in [6.45, 7) is 6.96. The van der Waals surface area contributed by atoms with Crippen molar-refractivity contribution in [2.75, 3.05) is 6.54 Å². The third-order valence-corrected chi connectivity index (χ3v) is 3.61. The summed E-state index contributed by atoms with van der Waals surface area (Å²) in [7, 11) is 0. The van der Waals surface area contributed by atoms with Crippen LogP contribution in [0.2, 0.25) is 0 Å². The molecule has 108 valence electrons. The summed E-state index contributed by atoms with van der Waals surface area (Å²) in [5.41, 5.74) is 1.96. The number of rotatable bonds is 2. The number of amides is 2. The van der Waals surface area contributed by atoms with Gasteiger partial charge in [0.05, 0.1) is 0 Å². The minimum Gasteiger partial charge on any atom is -0.354 e. The summed E-state index contributed by atoms with van der Waals surface area (Å²) in [5.74, 6) is -0.0170. The predicted molar refractivity (Wildman–Crippen MR) is 78.6 cm³/mol. The average Bonchev–Trinajstić information content (AvgIpc) is 2.40. The first-order valence-electron chi connectivity index (χ1n) is 7.04. The van der Waals surface area contributed by atoms with Crippen LogP contribution in [0.25, 0.3) is 0 Å². The van der Waals surface area contributed by atoms with Crippen LogP contribution >= 0.6 is 0 Å². The van der Waals surface area contributed by atoms with Crippen molar-refractivity contribution < 1.29 is 9.59 Å². The number of hydrogen-bond acceptors (Lipinski definition) is 2. The fourth-order valence-corrected chi connectivity index (χ4v) is 2.25. The Morgan fingerprint density at radius 3 is 2.40 bits per heavy atom. The first-order chi connectivity index (χ1) is 9.36. The van der Waals surface area contributed by atoms with Gasteiger partial charge < -0.3 is 10.6 Å². The van der Waals surface area contributed by atoms with E-state index in [1.54, 1.807) is 0 Å². The van der Waals surface area contributed by atoms with Crippen LogP contribution in [0.3, 0.4) is 0 Å². The van der Waals surface area contributed by atoms with Crippen LogP contribution in [0.5, 0.6) is 0 Å². The van der Waals surface area contributed by atoms with E-state index in [9.17, 15) is 9.59 Å². The second-order valence-corrected chi connectivity index (χ2v) is 6.34. The molecular formula is C16H22N2O2. The molecular weight excluding hydrogens is 252 g/mol. The summed E-state index contributed by atoms with van der Waals surface area (Å²) < 4.78 is 0. The smallest absolute Gasteiger partial charge is 0.251 e. The van der Waals surface area contributed by atoms with Crippen LogP contribution in [0.4, 0.5) is 0 Å². The number of carbonyl (C=O) groups is 2. The molecule has 2 rings (SSSR count). The summed E-state index contributed by atoms with van der Waals surface area (Å²) in [5, 5.41) is 5.72. The van der Waals surface area contributed by atoms with Gasteiger partial charge in [0.2, 0.25) is 5.91 Å². The maximum atomic E-state index is 12.1. The van der Waals surface area contributed by atoms with E-state index in [0.717, 1.165) is 0 Å². The Hall–Kier alpha value is -1.84. The number of piperidine rings is 1. The van der Waals surface area contributed by atoms with E-state index in [-0.39, 0.29) is 23.3 Å². The van der Waals surface area contributed by atoms with Gasteiger partial charge in [0.1, 0.15) is 0 Å². The summed E-state index contributed by atoms with van der Waals surface area (Å²) in [6.07, 6.45) is 1.19. The molecule has 1 unspecified atom stereocenters. The Balaban J connectivity index is 1.97. The van der Waals surface area contributed by atoms with E-state index >= 15 is 0 Å². The van der Waals surface area contributed by atoms with Crippen LogP contribution < -0.4 is 10.6 Å². The van der Waals surface area contributed by atoms with Crippen LogP contribution in [0, 0.1) is 0 Å². The van der Waals surface area contributed by atoms with E-state index in [4.69, 9.17) is 0 Å². The highest BCUT2D eigenvalue weighted by Crippen LogP contribution is 2.22. The summed E-state index contributed by atoms with van der Waals surface area (Å²) in [6, 6.07) is 7.74. The quantitative estimate of drug-likeness (QED) is 0.866. The maximum Gasteiger partial charge on any atom is 0.251 e. The Bertz CT molecular complexity index is 490. The first-order valence-corrected chi connectivity index (χ1v) is 7.04. The van der Waals surface area contributed by atoms with E-state index in [0.29, 0.717) is 24.9 Å². The molecule has 1 fully saturated rings.